The molecule has 4 atom stereocenters. The predicted octanol–water partition coefficient (Wildman–Crippen LogP) is -0.524. The van der Waals surface area contributed by atoms with Gasteiger partial charge in [-0.3, -0.25) is 19.2 Å². The molecule has 0 heterocycles. The zero-order valence-corrected chi connectivity index (χ0v) is 22.0. The Balaban J connectivity index is 2.96. The lowest BCUT2D eigenvalue weighted by Crippen LogP contribution is -2.58. The fourth-order valence-electron chi connectivity index (χ4n) is 3.41. The van der Waals surface area contributed by atoms with Crippen LogP contribution in [0.2, 0.25) is 0 Å². The maximum Gasteiger partial charge on any atom is 0.326 e. The summed E-state index contributed by atoms with van der Waals surface area (Å²) in [6.07, 6.45) is 1.76. The molecular weight excluding hydrogens is 502 g/mol. The topological polar surface area (TPSA) is 214 Å². The Labute approximate surface area is 220 Å². The van der Waals surface area contributed by atoms with Gasteiger partial charge in [0.05, 0.1) is 12.5 Å². The molecular formula is C24H37N5O7S. The molecule has 0 aliphatic carbocycles. The second-order valence-corrected chi connectivity index (χ2v) is 10.1. The summed E-state index contributed by atoms with van der Waals surface area (Å²) < 4.78 is 0. The van der Waals surface area contributed by atoms with Gasteiger partial charge >= 0.3 is 5.97 Å². The number of phenolic OH excluding ortho intramolecular Hbond substituents is 1. The number of carboxylic acids is 1. The molecule has 206 valence electrons. The van der Waals surface area contributed by atoms with Crippen LogP contribution in [0.3, 0.4) is 0 Å². The standard InChI is InChI=1S/C24H37N5O7S/c1-13(2)10-18(22(33)27-17(24(35)36)8-9-37-3)29-23(34)19(12-20(26)31)28-21(32)16(25)11-14-4-6-15(30)7-5-14/h4-7,13,16-19,30H,8-12,25H2,1-3H3,(H2,26,31)(H,27,33)(H,28,32)(H,29,34)(H,35,36). The Bertz CT molecular complexity index is 942. The van der Waals surface area contributed by atoms with Crippen LogP contribution in [0.25, 0.3) is 0 Å². The second kappa shape index (κ2) is 15.7. The van der Waals surface area contributed by atoms with Gasteiger partial charge in [0.25, 0.3) is 0 Å². The molecule has 12 nitrogen and oxygen atoms in total. The third-order valence-corrected chi connectivity index (χ3v) is 5.98. The number of carbonyl (C=O) groups excluding carboxylic acids is 4. The molecule has 0 saturated heterocycles. The SMILES string of the molecule is CSCCC(NC(=O)C(CC(C)C)NC(=O)C(CC(N)=O)NC(=O)C(N)Cc1ccc(O)cc1)C(=O)O. The van der Waals surface area contributed by atoms with Crippen LogP contribution in [-0.2, 0) is 30.4 Å². The third kappa shape index (κ3) is 12.0. The van der Waals surface area contributed by atoms with Gasteiger partial charge in [-0.2, -0.15) is 11.8 Å². The van der Waals surface area contributed by atoms with Gasteiger partial charge < -0.3 is 37.6 Å². The van der Waals surface area contributed by atoms with Crippen LogP contribution < -0.4 is 27.4 Å². The molecule has 0 aliphatic heterocycles. The highest BCUT2D eigenvalue weighted by Crippen LogP contribution is 2.12. The van der Waals surface area contributed by atoms with Crippen LogP contribution in [0.15, 0.2) is 24.3 Å². The zero-order valence-electron chi connectivity index (χ0n) is 21.2. The number of hydrogen-bond acceptors (Lipinski definition) is 8. The van der Waals surface area contributed by atoms with Crippen molar-refractivity contribution in [3.63, 3.8) is 0 Å². The molecule has 0 bridgehead atoms. The summed E-state index contributed by atoms with van der Waals surface area (Å²) in [7, 11) is 0. The van der Waals surface area contributed by atoms with Gasteiger partial charge in [-0.1, -0.05) is 26.0 Å². The molecule has 0 aliphatic rings. The number of aliphatic carboxylic acids is 1. The van der Waals surface area contributed by atoms with Crippen LogP contribution >= 0.6 is 11.8 Å². The van der Waals surface area contributed by atoms with Gasteiger partial charge in [0.1, 0.15) is 23.9 Å². The lowest BCUT2D eigenvalue weighted by atomic mass is 10.0. The van der Waals surface area contributed by atoms with E-state index in [4.69, 9.17) is 11.5 Å². The number of amides is 4. The van der Waals surface area contributed by atoms with Crippen LogP contribution in [0.4, 0.5) is 0 Å². The maximum atomic E-state index is 13.0. The largest absolute Gasteiger partial charge is 0.508 e. The van der Waals surface area contributed by atoms with E-state index in [2.05, 4.69) is 16.0 Å². The summed E-state index contributed by atoms with van der Waals surface area (Å²) in [5.41, 5.74) is 11.9. The monoisotopic (exact) mass is 539 g/mol. The Morgan fingerprint density at radius 3 is 1.97 bits per heavy atom. The van der Waals surface area contributed by atoms with Crippen molar-refractivity contribution in [2.75, 3.05) is 12.0 Å². The summed E-state index contributed by atoms with van der Waals surface area (Å²) in [4.78, 5) is 61.7. The first-order chi connectivity index (χ1) is 17.3. The maximum absolute atomic E-state index is 13.0. The molecule has 4 amide bonds. The first kappa shape index (κ1) is 31.7. The fraction of sp³-hybridized carbons (Fsp3) is 0.542. The minimum Gasteiger partial charge on any atom is -0.508 e. The van der Waals surface area contributed by atoms with Crippen molar-refractivity contribution < 1.29 is 34.2 Å². The van der Waals surface area contributed by atoms with Crippen LogP contribution in [0.1, 0.15) is 38.7 Å². The predicted molar refractivity (Wildman–Crippen MR) is 139 cm³/mol. The number of hydrogen-bond donors (Lipinski definition) is 7. The lowest BCUT2D eigenvalue weighted by molar-refractivity contribution is -0.142. The molecule has 1 rings (SSSR count). The van der Waals surface area contributed by atoms with Gasteiger partial charge in [-0.25, -0.2) is 4.79 Å². The van der Waals surface area contributed by atoms with Crippen molar-refractivity contribution in [2.24, 2.45) is 17.4 Å². The van der Waals surface area contributed by atoms with E-state index in [-0.39, 0.29) is 30.9 Å². The van der Waals surface area contributed by atoms with E-state index in [0.29, 0.717) is 11.3 Å². The number of carboxylic acid groups (broad SMARTS) is 1. The van der Waals surface area contributed by atoms with Crippen molar-refractivity contribution in [1.82, 2.24) is 16.0 Å². The minimum atomic E-state index is -1.40. The van der Waals surface area contributed by atoms with E-state index in [0.717, 1.165) is 0 Å². The van der Waals surface area contributed by atoms with Crippen molar-refractivity contribution in [2.45, 2.75) is 63.7 Å². The van der Waals surface area contributed by atoms with E-state index >= 15 is 0 Å². The smallest absolute Gasteiger partial charge is 0.326 e. The second-order valence-electron chi connectivity index (χ2n) is 9.08. The minimum absolute atomic E-state index is 0.0477. The number of carbonyl (C=O) groups is 5. The molecule has 0 fully saturated rings. The van der Waals surface area contributed by atoms with Gasteiger partial charge in [0, 0.05) is 0 Å². The van der Waals surface area contributed by atoms with Crippen molar-refractivity contribution in [3.05, 3.63) is 29.8 Å². The number of rotatable bonds is 16. The van der Waals surface area contributed by atoms with Crippen molar-refractivity contribution >= 4 is 41.4 Å². The summed E-state index contributed by atoms with van der Waals surface area (Å²) in [6, 6.07) is 1.36. The van der Waals surface area contributed by atoms with E-state index in [1.54, 1.807) is 12.1 Å². The summed E-state index contributed by atoms with van der Waals surface area (Å²) in [5, 5.41) is 26.2. The molecule has 9 N–H and O–H groups in total. The third-order valence-electron chi connectivity index (χ3n) is 5.33. The molecule has 0 saturated carbocycles. The van der Waals surface area contributed by atoms with Crippen molar-refractivity contribution in [1.29, 1.82) is 0 Å². The van der Waals surface area contributed by atoms with Crippen LogP contribution in [0, 0.1) is 5.92 Å². The summed E-state index contributed by atoms with van der Waals surface area (Å²) >= 11 is 1.43. The number of nitrogens with two attached hydrogens (primary N) is 2. The molecule has 0 aromatic heterocycles. The van der Waals surface area contributed by atoms with Crippen LogP contribution in [-0.4, -0.2) is 76.0 Å². The Morgan fingerprint density at radius 1 is 0.919 bits per heavy atom. The van der Waals surface area contributed by atoms with Gasteiger partial charge in [-0.05, 0) is 54.9 Å². The van der Waals surface area contributed by atoms with Crippen molar-refractivity contribution in [3.8, 4) is 5.75 Å². The summed E-state index contributed by atoms with van der Waals surface area (Å²) in [6.45, 7) is 3.64. The lowest BCUT2D eigenvalue weighted by Gasteiger charge is -2.25. The molecule has 0 radical (unpaired) electrons. The molecule has 0 spiro atoms. The number of benzene rings is 1. The highest BCUT2D eigenvalue weighted by atomic mass is 32.2. The highest BCUT2D eigenvalue weighted by Gasteiger charge is 2.31. The number of phenols is 1. The molecule has 4 unspecified atom stereocenters. The Hall–Kier alpha value is -3.32. The van der Waals surface area contributed by atoms with E-state index < -0.39 is 60.2 Å². The van der Waals surface area contributed by atoms with Gasteiger partial charge in [-0.15, -0.1) is 0 Å². The number of thioether (sulfide) groups is 1. The van der Waals surface area contributed by atoms with E-state index in [1.165, 1.54) is 23.9 Å². The molecule has 1 aromatic carbocycles. The molecule has 1 aromatic rings. The Morgan fingerprint density at radius 2 is 1.46 bits per heavy atom. The zero-order chi connectivity index (χ0) is 28.1. The fourth-order valence-corrected chi connectivity index (χ4v) is 3.88. The average Bonchev–Trinajstić information content (AvgIpc) is 2.81. The normalized spacial score (nSPS) is 14.2. The first-order valence-electron chi connectivity index (χ1n) is 11.8. The number of aromatic hydroxyl groups is 1. The van der Waals surface area contributed by atoms with Crippen LogP contribution in [0.5, 0.6) is 5.75 Å². The number of primary amides is 1. The van der Waals surface area contributed by atoms with E-state index in [9.17, 15) is 34.2 Å². The Kier molecular flexibility index (Phi) is 13.5. The molecule has 37 heavy (non-hydrogen) atoms. The first-order valence-corrected chi connectivity index (χ1v) is 13.2. The van der Waals surface area contributed by atoms with E-state index in [1.807, 2.05) is 20.1 Å². The van der Waals surface area contributed by atoms with Gasteiger partial charge in [0.15, 0.2) is 0 Å². The highest BCUT2D eigenvalue weighted by molar-refractivity contribution is 7.98. The molecule has 13 heteroatoms. The van der Waals surface area contributed by atoms with Gasteiger partial charge in [0.2, 0.25) is 23.6 Å². The quantitative estimate of drug-likeness (QED) is 0.144. The number of nitrogens with one attached hydrogen (secondary N) is 3. The average molecular weight is 540 g/mol. The summed E-state index contributed by atoms with van der Waals surface area (Å²) in [5.74, 6) is -3.78.